The van der Waals surface area contributed by atoms with E-state index in [1.54, 1.807) is 23.7 Å². The van der Waals surface area contributed by atoms with Gasteiger partial charge in [0.25, 0.3) is 0 Å². The van der Waals surface area contributed by atoms with Crippen molar-refractivity contribution >= 4 is 51.3 Å². The summed E-state index contributed by atoms with van der Waals surface area (Å²) >= 11 is 2.81. The van der Waals surface area contributed by atoms with Gasteiger partial charge in [0, 0.05) is 22.0 Å². The summed E-state index contributed by atoms with van der Waals surface area (Å²) in [5.41, 5.74) is 1.54. The first-order valence-corrected chi connectivity index (χ1v) is 9.19. The van der Waals surface area contributed by atoms with Crippen LogP contribution in [0.4, 0.5) is 0 Å². The largest absolute Gasteiger partial charge is 0.291 e. The van der Waals surface area contributed by atoms with Gasteiger partial charge in [0.2, 0.25) is 5.78 Å². The Labute approximate surface area is 149 Å². The number of rotatable bonds is 2. The van der Waals surface area contributed by atoms with E-state index in [0.29, 0.717) is 10.4 Å². The third-order valence-corrected chi connectivity index (χ3v) is 6.05. The molecule has 0 amide bonds. The van der Waals surface area contributed by atoms with Gasteiger partial charge < -0.3 is 0 Å². The molecule has 0 saturated carbocycles. The molecule has 0 radical (unpaired) electrons. The molecule has 0 saturated heterocycles. The van der Waals surface area contributed by atoms with Crippen LogP contribution in [0.3, 0.4) is 0 Å². The normalized spacial score (nSPS) is 15.4. The maximum Gasteiger partial charge on any atom is 0.207 e. The van der Waals surface area contributed by atoms with Crippen LogP contribution in [0.25, 0.3) is 22.1 Å². The van der Waals surface area contributed by atoms with Crippen LogP contribution in [0.5, 0.6) is 0 Å². The van der Waals surface area contributed by atoms with Crippen LogP contribution in [0.1, 0.15) is 24.9 Å². The molecule has 25 heavy (non-hydrogen) atoms. The zero-order chi connectivity index (χ0) is 17.0. The molecule has 0 atom stereocenters. The topological polar surface area (TPSA) is 64.8 Å². The molecule has 0 unspecified atom stereocenters. The SMILES string of the molecule is O=C1/C(=C\c2ccc(-n3ccc4ccnnc43)s2)C(=O)c2sccc21. The number of carbonyl (C=O) groups is 2. The van der Waals surface area contributed by atoms with Gasteiger partial charge in [0.15, 0.2) is 11.4 Å². The molecular formula is C18H9N3O2S2. The van der Waals surface area contributed by atoms with E-state index in [9.17, 15) is 9.59 Å². The summed E-state index contributed by atoms with van der Waals surface area (Å²) in [6.45, 7) is 0. The third kappa shape index (κ3) is 2.13. The van der Waals surface area contributed by atoms with Crippen LogP contribution >= 0.6 is 22.7 Å². The smallest absolute Gasteiger partial charge is 0.207 e. The number of ketones is 2. The first-order chi connectivity index (χ1) is 12.2. The highest BCUT2D eigenvalue weighted by molar-refractivity contribution is 7.15. The fourth-order valence-electron chi connectivity index (χ4n) is 2.91. The van der Waals surface area contributed by atoms with E-state index >= 15 is 0 Å². The van der Waals surface area contributed by atoms with Gasteiger partial charge in [0.1, 0.15) is 5.00 Å². The van der Waals surface area contributed by atoms with Crippen molar-refractivity contribution in [1.82, 2.24) is 14.8 Å². The van der Waals surface area contributed by atoms with E-state index in [1.165, 1.54) is 22.7 Å². The van der Waals surface area contributed by atoms with E-state index in [2.05, 4.69) is 10.2 Å². The molecule has 4 heterocycles. The molecule has 1 aliphatic rings. The Bertz CT molecular complexity index is 1160. The van der Waals surface area contributed by atoms with Crippen molar-refractivity contribution < 1.29 is 9.59 Å². The number of allylic oxidation sites excluding steroid dienone is 1. The van der Waals surface area contributed by atoms with Crippen LogP contribution < -0.4 is 0 Å². The van der Waals surface area contributed by atoms with Gasteiger partial charge in [-0.2, -0.15) is 5.10 Å². The number of carbonyl (C=O) groups excluding carboxylic acids is 2. The molecule has 0 spiro atoms. The molecule has 0 N–H and O–H groups in total. The van der Waals surface area contributed by atoms with Gasteiger partial charge in [-0.1, -0.05) is 0 Å². The van der Waals surface area contributed by atoms with E-state index in [4.69, 9.17) is 0 Å². The summed E-state index contributed by atoms with van der Waals surface area (Å²) in [5.74, 6) is -0.365. The quantitative estimate of drug-likeness (QED) is 0.399. The number of hydrogen-bond donors (Lipinski definition) is 0. The van der Waals surface area contributed by atoms with Gasteiger partial charge in [-0.15, -0.1) is 27.8 Å². The summed E-state index contributed by atoms with van der Waals surface area (Å²) in [5, 5.41) is 11.8. The predicted molar refractivity (Wildman–Crippen MR) is 97.7 cm³/mol. The van der Waals surface area contributed by atoms with Crippen LogP contribution in [0, 0.1) is 0 Å². The maximum atomic E-state index is 12.4. The highest BCUT2D eigenvalue weighted by Gasteiger charge is 2.34. The van der Waals surface area contributed by atoms with Crippen molar-refractivity contribution in [2.24, 2.45) is 0 Å². The third-order valence-electron chi connectivity index (χ3n) is 4.10. The summed E-state index contributed by atoms with van der Waals surface area (Å²) < 4.78 is 1.95. The van der Waals surface area contributed by atoms with Crippen molar-refractivity contribution in [2.45, 2.75) is 0 Å². The second-order valence-corrected chi connectivity index (χ2v) is 7.56. The number of fused-ring (bicyclic) bond motifs is 2. The van der Waals surface area contributed by atoms with Crippen molar-refractivity contribution in [1.29, 1.82) is 0 Å². The van der Waals surface area contributed by atoms with Crippen LogP contribution in [-0.2, 0) is 0 Å². The van der Waals surface area contributed by atoms with Crippen LogP contribution in [-0.4, -0.2) is 26.3 Å². The van der Waals surface area contributed by atoms with Crippen LogP contribution in [0.2, 0.25) is 0 Å². The molecule has 5 nitrogen and oxygen atoms in total. The minimum atomic E-state index is -0.187. The van der Waals surface area contributed by atoms with Gasteiger partial charge in [-0.25, -0.2) is 0 Å². The zero-order valence-corrected chi connectivity index (χ0v) is 14.3. The maximum absolute atomic E-state index is 12.4. The Balaban J connectivity index is 1.55. The van der Waals surface area contributed by atoms with Gasteiger partial charge in [-0.05, 0) is 41.8 Å². The molecule has 0 aliphatic heterocycles. The van der Waals surface area contributed by atoms with E-state index in [-0.39, 0.29) is 17.1 Å². The van der Waals surface area contributed by atoms with Gasteiger partial charge in [0.05, 0.1) is 16.6 Å². The second-order valence-electron chi connectivity index (χ2n) is 5.55. The lowest BCUT2D eigenvalue weighted by molar-refractivity contribution is 0.0991. The lowest BCUT2D eigenvalue weighted by Crippen LogP contribution is -1.99. The molecule has 4 aromatic rings. The lowest BCUT2D eigenvalue weighted by Gasteiger charge is -1.99. The van der Waals surface area contributed by atoms with Crippen molar-refractivity contribution in [3.63, 3.8) is 0 Å². The molecule has 0 aromatic carbocycles. The van der Waals surface area contributed by atoms with Crippen LogP contribution in [0.15, 0.2) is 53.7 Å². The van der Waals surface area contributed by atoms with Gasteiger partial charge >= 0.3 is 0 Å². The van der Waals surface area contributed by atoms with Gasteiger partial charge in [-0.3, -0.25) is 14.2 Å². The molecule has 1 aliphatic carbocycles. The summed E-state index contributed by atoms with van der Waals surface area (Å²) in [6, 6.07) is 9.45. The fourth-order valence-corrected chi connectivity index (χ4v) is 4.69. The number of Topliss-reactive ketones (excluding diaryl/α,β-unsaturated/α-hetero) is 2. The second kappa shape index (κ2) is 5.30. The van der Waals surface area contributed by atoms with E-state index < -0.39 is 0 Å². The summed E-state index contributed by atoms with van der Waals surface area (Å²) in [6.07, 6.45) is 5.28. The molecule has 0 fully saturated rings. The summed E-state index contributed by atoms with van der Waals surface area (Å²) in [4.78, 5) is 26.2. The molecular weight excluding hydrogens is 354 g/mol. The Morgan fingerprint density at radius 2 is 1.96 bits per heavy atom. The first kappa shape index (κ1) is 14.4. The minimum Gasteiger partial charge on any atom is -0.291 e. The Morgan fingerprint density at radius 1 is 1.04 bits per heavy atom. The average molecular weight is 363 g/mol. The zero-order valence-electron chi connectivity index (χ0n) is 12.7. The molecule has 5 rings (SSSR count). The Kier molecular flexibility index (Phi) is 3.06. The van der Waals surface area contributed by atoms with E-state index in [1.807, 2.05) is 35.0 Å². The summed E-state index contributed by atoms with van der Waals surface area (Å²) in [7, 11) is 0. The molecule has 0 bridgehead atoms. The number of thiophene rings is 2. The first-order valence-electron chi connectivity index (χ1n) is 7.50. The number of hydrogen-bond acceptors (Lipinski definition) is 6. The predicted octanol–water partition coefficient (Wildman–Crippen LogP) is 4.01. The molecule has 7 heteroatoms. The standard InChI is InChI=1S/C18H9N3O2S2/c22-15-12-5-8-24-17(12)16(23)13(15)9-11-1-2-14(25-11)21-7-4-10-3-6-19-20-18(10)21/h1-9H/b13-9+. The monoisotopic (exact) mass is 363 g/mol. The molecule has 4 aromatic heterocycles. The molecule has 120 valence electrons. The average Bonchev–Trinajstić information content (AvgIpc) is 3.38. The number of nitrogens with zero attached hydrogens (tertiary/aromatic N) is 3. The lowest BCUT2D eigenvalue weighted by atomic mass is 10.1. The number of aromatic nitrogens is 3. The minimum absolute atomic E-state index is 0.178. The van der Waals surface area contributed by atoms with Crippen molar-refractivity contribution in [2.75, 3.05) is 0 Å². The Morgan fingerprint density at radius 3 is 2.84 bits per heavy atom. The van der Waals surface area contributed by atoms with E-state index in [0.717, 1.165) is 20.9 Å². The van der Waals surface area contributed by atoms with Crippen molar-refractivity contribution in [3.8, 4) is 5.00 Å². The Hall–Kier alpha value is -2.90. The fraction of sp³-hybridized carbons (Fsp3) is 0. The highest BCUT2D eigenvalue weighted by atomic mass is 32.1. The highest BCUT2D eigenvalue weighted by Crippen LogP contribution is 2.33. The van der Waals surface area contributed by atoms with Crippen molar-refractivity contribution in [3.05, 3.63) is 69.0 Å².